The second-order valence-electron chi connectivity index (χ2n) is 7.88. The molecule has 9 nitrogen and oxygen atoms in total. The number of ether oxygens (including phenoxy) is 1. The highest BCUT2D eigenvalue weighted by Gasteiger charge is 2.28. The summed E-state index contributed by atoms with van der Waals surface area (Å²) in [5.41, 5.74) is 3.47. The number of aromatic nitrogens is 2. The van der Waals surface area contributed by atoms with Gasteiger partial charge in [0.1, 0.15) is 0 Å². The van der Waals surface area contributed by atoms with Crippen LogP contribution in [-0.4, -0.2) is 91.1 Å². The molecule has 2 heterocycles. The molecular formula is C20H38N6O3S. The van der Waals surface area contributed by atoms with Gasteiger partial charge in [-0.3, -0.25) is 9.67 Å². The van der Waals surface area contributed by atoms with Gasteiger partial charge < -0.3 is 15.0 Å². The van der Waals surface area contributed by atoms with Crippen LogP contribution in [0.15, 0.2) is 4.99 Å². The van der Waals surface area contributed by atoms with Crippen LogP contribution in [0, 0.1) is 13.8 Å². The maximum atomic E-state index is 12.5. The Morgan fingerprint density at radius 3 is 2.43 bits per heavy atom. The SMILES string of the molecule is CCNC(=NCCc1c(C)nn(C)c1C)N1CCN(S(=O)(=O)CCOC(C)C)CC1. The van der Waals surface area contributed by atoms with Crippen LogP contribution in [0.5, 0.6) is 0 Å². The Hall–Kier alpha value is -1.65. The van der Waals surface area contributed by atoms with Crippen LogP contribution < -0.4 is 5.32 Å². The number of piperazine rings is 1. The van der Waals surface area contributed by atoms with Crippen molar-refractivity contribution in [1.29, 1.82) is 0 Å². The number of guanidine groups is 1. The van der Waals surface area contributed by atoms with Crippen molar-refractivity contribution in [1.82, 2.24) is 24.3 Å². The zero-order valence-corrected chi connectivity index (χ0v) is 20.1. The predicted molar refractivity (Wildman–Crippen MR) is 120 cm³/mol. The van der Waals surface area contributed by atoms with Gasteiger partial charge in [-0.25, -0.2) is 8.42 Å². The normalized spacial score (nSPS) is 16.5. The molecule has 0 amide bonds. The van der Waals surface area contributed by atoms with Crippen LogP contribution in [0.2, 0.25) is 0 Å². The van der Waals surface area contributed by atoms with E-state index in [4.69, 9.17) is 9.73 Å². The minimum atomic E-state index is -3.29. The van der Waals surface area contributed by atoms with Gasteiger partial charge in [-0.2, -0.15) is 9.40 Å². The molecule has 1 aliphatic heterocycles. The smallest absolute Gasteiger partial charge is 0.216 e. The molecule has 172 valence electrons. The van der Waals surface area contributed by atoms with Crippen molar-refractivity contribution in [3.8, 4) is 0 Å². The fourth-order valence-corrected chi connectivity index (χ4v) is 4.86. The van der Waals surface area contributed by atoms with Gasteiger partial charge in [0, 0.05) is 52.0 Å². The van der Waals surface area contributed by atoms with E-state index in [1.807, 2.05) is 39.4 Å². The molecule has 1 aromatic rings. The van der Waals surface area contributed by atoms with E-state index in [1.54, 1.807) is 4.31 Å². The zero-order valence-electron chi connectivity index (χ0n) is 19.3. The van der Waals surface area contributed by atoms with Crippen molar-refractivity contribution in [2.75, 3.05) is 51.6 Å². The standard InChI is InChI=1S/C20H38N6O3S/c1-7-21-20(22-9-8-19-17(4)23-24(6)18(19)5)25-10-12-26(13-11-25)30(27,28)15-14-29-16(2)3/h16H,7-15H2,1-6H3,(H,21,22). The number of hydrogen-bond donors (Lipinski definition) is 1. The van der Waals surface area contributed by atoms with Crippen molar-refractivity contribution >= 4 is 16.0 Å². The first-order chi connectivity index (χ1) is 14.2. The third kappa shape index (κ3) is 6.68. The third-order valence-corrected chi connectivity index (χ3v) is 7.18. The van der Waals surface area contributed by atoms with Crippen LogP contribution in [0.4, 0.5) is 0 Å². The van der Waals surface area contributed by atoms with Gasteiger partial charge in [0.25, 0.3) is 0 Å². The number of aliphatic imine (C=N–C) groups is 1. The van der Waals surface area contributed by atoms with Gasteiger partial charge in [0.2, 0.25) is 10.0 Å². The van der Waals surface area contributed by atoms with E-state index in [9.17, 15) is 8.42 Å². The minimum Gasteiger partial charge on any atom is -0.378 e. The van der Waals surface area contributed by atoms with Crippen LogP contribution in [-0.2, 0) is 28.2 Å². The number of aryl methyl sites for hydroxylation is 2. The highest BCUT2D eigenvalue weighted by Crippen LogP contribution is 2.13. The molecule has 30 heavy (non-hydrogen) atoms. The molecule has 0 unspecified atom stereocenters. The molecule has 0 bridgehead atoms. The van der Waals surface area contributed by atoms with Crippen LogP contribution in [0.1, 0.15) is 37.7 Å². The van der Waals surface area contributed by atoms with E-state index in [1.165, 1.54) is 11.3 Å². The quantitative estimate of drug-likeness (QED) is 0.452. The van der Waals surface area contributed by atoms with E-state index in [-0.39, 0.29) is 18.5 Å². The molecule has 0 aliphatic carbocycles. The molecule has 1 fully saturated rings. The van der Waals surface area contributed by atoms with Gasteiger partial charge in [-0.15, -0.1) is 0 Å². The fraction of sp³-hybridized carbons (Fsp3) is 0.800. The molecule has 1 saturated heterocycles. The summed E-state index contributed by atoms with van der Waals surface area (Å²) in [6, 6.07) is 0. The van der Waals surface area contributed by atoms with E-state index in [2.05, 4.69) is 22.2 Å². The monoisotopic (exact) mass is 442 g/mol. The third-order valence-electron chi connectivity index (χ3n) is 5.34. The number of sulfonamides is 1. The molecule has 0 radical (unpaired) electrons. The van der Waals surface area contributed by atoms with E-state index < -0.39 is 10.0 Å². The summed E-state index contributed by atoms with van der Waals surface area (Å²) in [4.78, 5) is 6.93. The van der Waals surface area contributed by atoms with Crippen molar-refractivity contribution in [2.45, 2.75) is 47.1 Å². The van der Waals surface area contributed by atoms with E-state index in [0.29, 0.717) is 32.7 Å². The summed E-state index contributed by atoms with van der Waals surface area (Å²) in [6.45, 7) is 13.8. The highest BCUT2D eigenvalue weighted by atomic mass is 32.2. The average Bonchev–Trinajstić information content (AvgIpc) is 2.93. The molecule has 1 N–H and O–H groups in total. The van der Waals surface area contributed by atoms with Crippen LogP contribution >= 0.6 is 0 Å². The summed E-state index contributed by atoms with van der Waals surface area (Å²) in [6.07, 6.45) is 0.875. The second-order valence-corrected chi connectivity index (χ2v) is 9.97. The topological polar surface area (TPSA) is 92.1 Å². The molecule has 0 aromatic carbocycles. The lowest BCUT2D eigenvalue weighted by atomic mass is 10.1. The maximum Gasteiger partial charge on any atom is 0.216 e. The molecule has 1 aliphatic rings. The zero-order chi connectivity index (χ0) is 22.3. The van der Waals surface area contributed by atoms with Crippen molar-refractivity contribution in [3.63, 3.8) is 0 Å². The van der Waals surface area contributed by atoms with Crippen LogP contribution in [0.3, 0.4) is 0 Å². The summed E-state index contributed by atoms with van der Waals surface area (Å²) in [5, 5.41) is 7.81. The summed E-state index contributed by atoms with van der Waals surface area (Å²) in [7, 11) is -1.33. The highest BCUT2D eigenvalue weighted by molar-refractivity contribution is 7.89. The van der Waals surface area contributed by atoms with Crippen molar-refractivity contribution < 1.29 is 13.2 Å². The molecule has 10 heteroatoms. The van der Waals surface area contributed by atoms with Crippen molar-refractivity contribution in [2.24, 2.45) is 12.0 Å². The Morgan fingerprint density at radius 2 is 1.90 bits per heavy atom. The minimum absolute atomic E-state index is 0.0309. The average molecular weight is 443 g/mol. The summed E-state index contributed by atoms with van der Waals surface area (Å²) >= 11 is 0. The van der Waals surface area contributed by atoms with Gasteiger partial charge in [-0.1, -0.05) is 0 Å². The first-order valence-corrected chi connectivity index (χ1v) is 12.4. The fourth-order valence-electron chi connectivity index (χ4n) is 3.57. The van der Waals surface area contributed by atoms with E-state index in [0.717, 1.165) is 24.6 Å². The Kier molecular flexibility index (Phi) is 9.11. The molecule has 1 aromatic heterocycles. The van der Waals surface area contributed by atoms with E-state index >= 15 is 0 Å². The number of rotatable bonds is 9. The first kappa shape index (κ1) is 24.6. The first-order valence-electron chi connectivity index (χ1n) is 10.8. The molecule has 2 rings (SSSR count). The largest absolute Gasteiger partial charge is 0.378 e. The molecule has 0 atom stereocenters. The molecule has 0 spiro atoms. The van der Waals surface area contributed by atoms with Crippen molar-refractivity contribution in [3.05, 3.63) is 17.0 Å². The maximum absolute atomic E-state index is 12.5. The molecular weight excluding hydrogens is 404 g/mol. The molecule has 0 saturated carbocycles. The number of nitrogens with zero attached hydrogens (tertiary/aromatic N) is 5. The van der Waals surface area contributed by atoms with Crippen LogP contribution in [0.25, 0.3) is 0 Å². The lowest BCUT2D eigenvalue weighted by Crippen LogP contribution is -2.54. The lowest BCUT2D eigenvalue weighted by Gasteiger charge is -2.36. The Labute approximate surface area is 181 Å². The number of nitrogens with one attached hydrogen (secondary N) is 1. The summed E-state index contributed by atoms with van der Waals surface area (Å²) in [5.74, 6) is 0.875. The summed E-state index contributed by atoms with van der Waals surface area (Å²) < 4.78 is 34.0. The lowest BCUT2D eigenvalue weighted by molar-refractivity contribution is 0.0904. The van der Waals surface area contributed by atoms with Gasteiger partial charge in [0.05, 0.1) is 24.2 Å². The van der Waals surface area contributed by atoms with Gasteiger partial charge in [0.15, 0.2) is 5.96 Å². The van der Waals surface area contributed by atoms with Gasteiger partial charge in [-0.05, 0) is 46.6 Å². The second kappa shape index (κ2) is 11.1. The Bertz CT molecular complexity index is 811. The van der Waals surface area contributed by atoms with Gasteiger partial charge >= 0.3 is 0 Å². The number of hydrogen-bond acceptors (Lipinski definition) is 5. The Balaban J connectivity index is 1.92. The predicted octanol–water partition coefficient (Wildman–Crippen LogP) is 0.917. The Morgan fingerprint density at radius 1 is 1.23 bits per heavy atom.